The summed E-state index contributed by atoms with van der Waals surface area (Å²) in [5.74, 6) is 1.16. The number of rotatable bonds is 0. The van der Waals surface area contributed by atoms with Crippen molar-refractivity contribution in [2.75, 3.05) is 0 Å². The van der Waals surface area contributed by atoms with Gasteiger partial charge in [0.25, 0.3) is 0 Å². The lowest BCUT2D eigenvalue weighted by atomic mass is 9.60. The largest absolute Gasteiger partial charge is 0.389 e. The molecule has 2 bridgehead atoms. The summed E-state index contributed by atoms with van der Waals surface area (Å²) in [7, 11) is 0. The molecule has 1 nitrogen and oxygen atoms in total. The van der Waals surface area contributed by atoms with Crippen molar-refractivity contribution in [3.05, 3.63) is 0 Å². The van der Waals surface area contributed by atoms with Crippen LogP contribution in [-0.2, 0) is 0 Å². The molecule has 4 unspecified atom stereocenters. The van der Waals surface area contributed by atoms with Crippen molar-refractivity contribution in [1.29, 1.82) is 0 Å². The molecule has 4 atom stereocenters. The minimum absolute atomic E-state index is 0.312. The summed E-state index contributed by atoms with van der Waals surface area (Å²) in [5, 5.41) is 11.2. The number of aliphatic hydroxyl groups is 1. The molecule has 0 heterocycles. The second-order valence-corrected chi connectivity index (χ2v) is 7.85. The molecule has 3 fully saturated rings. The molecular formula is C15H26O. The van der Waals surface area contributed by atoms with E-state index in [-0.39, 0.29) is 5.60 Å². The smallest absolute Gasteiger partial charge is 0.0714 e. The van der Waals surface area contributed by atoms with E-state index in [1.165, 1.54) is 38.5 Å². The zero-order valence-corrected chi connectivity index (χ0v) is 11.1. The predicted molar refractivity (Wildman–Crippen MR) is 66.1 cm³/mol. The van der Waals surface area contributed by atoms with Crippen LogP contribution in [0.1, 0.15) is 65.7 Å². The third kappa shape index (κ3) is 1.33. The molecule has 3 aliphatic rings. The van der Waals surface area contributed by atoms with Crippen LogP contribution in [0.2, 0.25) is 0 Å². The number of hydrogen-bond donors (Lipinski definition) is 1. The molecule has 0 aromatic heterocycles. The van der Waals surface area contributed by atoms with Gasteiger partial charge < -0.3 is 5.11 Å². The Morgan fingerprint density at radius 3 is 2.56 bits per heavy atom. The second-order valence-electron chi connectivity index (χ2n) is 7.85. The number of fused-ring (bicyclic) bond motifs is 1. The van der Waals surface area contributed by atoms with E-state index in [0.29, 0.717) is 22.7 Å². The minimum Gasteiger partial charge on any atom is -0.389 e. The summed E-state index contributed by atoms with van der Waals surface area (Å²) in [6.07, 6.45) is 8.90. The van der Waals surface area contributed by atoms with Gasteiger partial charge in [0.2, 0.25) is 0 Å². The Hall–Kier alpha value is -0.0400. The van der Waals surface area contributed by atoms with Gasteiger partial charge >= 0.3 is 0 Å². The molecule has 92 valence electrons. The molecule has 0 saturated heterocycles. The molecule has 0 spiro atoms. The van der Waals surface area contributed by atoms with E-state index < -0.39 is 0 Å². The number of hydrogen-bond acceptors (Lipinski definition) is 1. The lowest BCUT2D eigenvalue weighted by molar-refractivity contribution is -0.107. The first-order valence-electron chi connectivity index (χ1n) is 7.08. The summed E-state index contributed by atoms with van der Waals surface area (Å²) in [4.78, 5) is 0. The van der Waals surface area contributed by atoms with Gasteiger partial charge in [-0.05, 0) is 61.2 Å². The average Bonchev–Trinajstić information content (AvgIpc) is 2.27. The lowest BCUT2D eigenvalue weighted by Gasteiger charge is -2.48. The Labute approximate surface area is 99.6 Å². The predicted octanol–water partition coefficient (Wildman–Crippen LogP) is 3.75. The van der Waals surface area contributed by atoms with Crippen LogP contribution in [0, 0.1) is 22.7 Å². The first kappa shape index (κ1) is 11.1. The molecule has 3 saturated carbocycles. The summed E-state index contributed by atoms with van der Waals surface area (Å²) in [6, 6.07) is 0. The summed E-state index contributed by atoms with van der Waals surface area (Å²) >= 11 is 0. The van der Waals surface area contributed by atoms with Gasteiger partial charge in [-0.2, -0.15) is 0 Å². The van der Waals surface area contributed by atoms with Crippen LogP contribution in [-0.4, -0.2) is 10.7 Å². The molecule has 0 aliphatic heterocycles. The van der Waals surface area contributed by atoms with Gasteiger partial charge in [-0.25, -0.2) is 0 Å². The van der Waals surface area contributed by atoms with E-state index in [1.807, 2.05) is 0 Å². The first-order chi connectivity index (χ1) is 7.36. The maximum atomic E-state index is 11.2. The Morgan fingerprint density at radius 1 is 1.06 bits per heavy atom. The topological polar surface area (TPSA) is 20.2 Å². The average molecular weight is 222 g/mol. The van der Waals surface area contributed by atoms with Crippen LogP contribution in [0.5, 0.6) is 0 Å². The fraction of sp³-hybridized carbons (Fsp3) is 1.00. The third-order valence-electron chi connectivity index (χ3n) is 6.11. The van der Waals surface area contributed by atoms with Crippen molar-refractivity contribution < 1.29 is 5.11 Å². The third-order valence-corrected chi connectivity index (χ3v) is 6.11. The molecule has 3 rings (SSSR count). The van der Waals surface area contributed by atoms with Crippen LogP contribution < -0.4 is 0 Å². The van der Waals surface area contributed by atoms with Gasteiger partial charge in [0, 0.05) is 0 Å². The zero-order valence-electron chi connectivity index (χ0n) is 11.1. The molecule has 0 aromatic rings. The minimum atomic E-state index is -0.312. The van der Waals surface area contributed by atoms with E-state index in [9.17, 15) is 5.11 Å². The monoisotopic (exact) mass is 222 g/mol. The molecule has 1 N–H and O–H groups in total. The maximum absolute atomic E-state index is 11.2. The molecule has 0 aromatic carbocycles. The van der Waals surface area contributed by atoms with Crippen molar-refractivity contribution in [3.63, 3.8) is 0 Å². The molecular weight excluding hydrogens is 196 g/mol. The van der Waals surface area contributed by atoms with Crippen molar-refractivity contribution >= 4 is 0 Å². The van der Waals surface area contributed by atoms with Gasteiger partial charge in [0.15, 0.2) is 0 Å². The summed E-state index contributed by atoms with van der Waals surface area (Å²) in [6.45, 7) is 7.18. The summed E-state index contributed by atoms with van der Waals surface area (Å²) in [5.41, 5.74) is 0.505. The summed E-state index contributed by atoms with van der Waals surface area (Å²) < 4.78 is 0. The highest BCUT2D eigenvalue weighted by Crippen LogP contribution is 2.64. The van der Waals surface area contributed by atoms with Crippen LogP contribution in [0.3, 0.4) is 0 Å². The highest BCUT2D eigenvalue weighted by Gasteiger charge is 2.61. The van der Waals surface area contributed by atoms with E-state index in [2.05, 4.69) is 20.8 Å². The van der Waals surface area contributed by atoms with Crippen molar-refractivity contribution in [1.82, 2.24) is 0 Å². The molecule has 0 radical (unpaired) electrons. The SMILES string of the molecule is CC12CCCC3CC(C)(C)C(CC1)C3(O)C2. The lowest BCUT2D eigenvalue weighted by Crippen LogP contribution is -2.48. The molecule has 16 heavy (non-hydrogen) atoms. The van der Waals surface area contributed by atoms with Gasteiger partial charge in [0.05, 0.1) is 5.60 Å². The first-order valence-corrected chi connectivity index (χ1v) is 7.08. The van der Waals surface area contributed by atoms with Crippen LogP contribution in [0.15, 0.2) is 0 Å². The Morgan fingerprint density at radius 2 is 1.81 bits per heavy atom. The fourth-order valence-corrected chi connectivity index (χ4v) is 5.43. The van der Waals surface area contributed by atoms with E-state index in [1.54, 1.807) is 0 Å². The quantitative estimate of drug-likeness (QED) is 0.662. The Bertz CT molecular complexity index is 309. The van der Waals surface area contributed by atoms with E-state index in [4.69, 9.17) is 0 Å². The van der Waals surface area contributed by atoms with E-state index in [0.717, 1.165) is 6.42 Å². The van der Waals surface area contributed by atoms with Crippen LogP contribution in [0.4, 0.5) is 0 Å². The highest BCUT2D eigenvalue weighted by atomic mass is 16.3. The standard InChI is InChI=1S/C15H26O/c1-13(2)9-11-5-4-7-14(3)8-6-12(13)15(11,16)10-14/h11-12,16H,4-10H2,1-3H3. The molecule has 0 amide bonds. The van der Waals surface area contributed by atoms with Gasteiger partial charge in [0.1, 0.15) is 0 Å². The van der Waals surface area contributed by atoms with E-state index >= 15 is 0 Å². The van der Waals surface area contributed by atoms with Gasteiger partial charge in [-0.15, -0.1) is 0 Å². The zero-order chi connectivity index (χ0) is 11.6. The van der Waals surface area contributed by atoms with Crippen LogP contribution in [0.25, 0.3) is 0 Å². The second kappa shape index (κ2) is 3.04. The molecule has 3 aliphatic carbocycles. The van der Waals surface area contributed by atoms with Crippen molar-refractivity contribution in [3.8, 4) is 0 Å². The van der Waals surface area contributed by atoms with Crippen molar-refractivity contribution in [2.24, 2.45) is 22.7 Å². The fourth-order valence-electron chi connectivity index (χ4n) is 5.43. The van der Waals surface area contributed by atoms with Gasteiger partial charge in [-0.1, -0.05) is 27.2 Å². The van der Waals surface area contributed by atoms with Gasteiger partial charge in [-0.3, -0.25) is 0 Å². The highest BCUT2D eigenvalue weighted by molar-refractivity contribution is 5.12. The Balaban J connectivity index is 2.02. The van der Waals surface area contributed by atoms with Crippen molar-refractivity contribution in [2.45, 2.75) is 71.3 Å². The van der Waals surface area contributed by atoms with Crippen LogP contribution >= 0.6 is 0 Å². The maximum Gasteiger partial charge on any atom is 0.0714 e. The Kier molecular flexibility index (Phi) is 2.11. The normalized spacial score (nSPS) is 54.8. The molecule has 1 heteroatoms.